The second-order valence-electron chi connectivity index (χ2n) is 8.52. The van der Waals surface area contributed by atoms with E-state index in [9.17, 15) is 4.79 Å². The number of rotatable bonds is 6. The van der Waals surface area contributed by atoms with Crippen LogP contribution in [0.5, 0.6) is 0 Å². The summed E-state index contributed by atoms with van der Waals surface area (Å²) in [5.41, 5.74) is 4.57. The first kappa shape index (κ1) is 21.2. The topological polar surface area (TPSA) is 71.3 Å². The van der Waals surface area contributed by atoms with Crippen molar-refractivity contribution in [3.63, 3.8) is 0 Å². The van der Waals surface area contributed by atoms with Gasteiger partial charge in [-0.25, -0.2) is 0 Å². The highest BCUT2D eigenvalue weighted by atomic mass is 16.5. The van der Waals surface area contributed by atoms with Crippen LogP contribution in [-0.2, 0) is 11.3 Å². The van der Waals surface area contributed by atoms with Crippen LogP contribution in [-0.4, -0.2) is 34.0 Å². The number of carbonyl (C=O) groups excluding carboxylic acids is 1. The summed E-state index contributed by atoms with van der Waals surface area (Å²) in [4.78, 5) is 19.6. The van der Waals surface area contributed by atoms with Gasteiger partial charge in [-0.2, -0.15) is 4.98 Å². The number of nitrogens with zero attached hydrogens (tertiary/aromatic N) is 3. The number of amides is 1. The van der Waals surface area contributed by atoms with E-state index in [1.165, 1.54) is 16.7 Å². The van der Waals surface area contributed by atoms with Gasteiger partial charge in [0.25, 0.3) is 0 Å². The van der Waals surface area contributed by atoms with E-state index >= 15 is 0 Å². The van der Waals surface area contributed by atoms with Crippen LogP contribution in [0.2, 0.25) is 0 Å². The highest BCUT2D eigenvalue weighted by Crippen LogP contribution is 2.23. The molecule has 0 radical (unpaired) electrons. The second kappa shape index (κ2) is 9.43. The van der Waals surface area contributed by atoms with Crippen molar-refractivity contribution < 1.29 is 9.32 Å². The Bertz CT molecular complexity index is 1020. The number of piperidine rings is 1. The van der Waals surface area contributed by atoms with E-state index in [4.69, 9.17) is 4.52 Å². The predicted molar refractivity (Wildman–Crippen MR) is 120 cm³/mol. The Labute approximate surface area is 183 Å². The molecule has 1 fully saturated rings. The van der Waals surface area contributed by atoms with E-state index in [0.29, 0.717) is 18.3 Å². The Morgan fingerprint density at radius 2 is 1.90 bits per heavy atom. The molecule has 6 heteroatoms. The maximum Gasteiger partial charge on any atom is 0.241 e. The van der Waals surface area contributed by atoms with Crippen LogP contribution < -0.4 is 5.32 Å². The highest BCUT2D eigenvalue weighted by molar-refractivity contribution is 5.79. The summed E-state index contributed by atoms with van der Waals surface area (Å²) in [5.74, 6) is 1.43. The Morgan fingerprint density at radius 1 is 1.16 bits per heavy atom. The van der Waals surface area contributed by atoms with Crippen molar-refractivity contribution in [2.75, 3.05) is 13.1 Å². The Kier molecular flexibility index (Phi) is 6.47. The minimum Gasteiger partial charge on any atom is -0.349 e. The van der Waals surface area contributed by atoms with Crippen molar-refractivity contribution in [2.24, 2.45) is 5.92 Å². The molecule has 0 spiro atoms. The van der Waals surface area contributed by atoms with Crippen molar-refractivity contribution >= 4 is 5.91 Å². The molecule has 1 atom stereocenters. The molecule has 1 N–H and O–H groups in total. The van der Waals surface area contributed by atoms with Gasteiger partial charge >= 0.3 is 0 Å². The lowest BCUT2D eigenvalue weighted by Gasteiger charge is -2.31. The molecule has 3 aromatic rings. The van der Waals surface area contributed by atoms with Crippen molar-refractivity contribution in [2.45, 2.75) is 46.2 Å². The molecule has 1 aliphatic rings. The van der Waals surface area contributed by atoms with Crippen LogP contribution in [0.25, 0.3) is 11.4 Å². The van der Waals surface area contributed by atoms with Gasteiger partial charge < -0.3 is 9.84 Å². The van der Waals surface area contributed by atoms with Crippen LogP contribution >= 0.6 is 0 Å². The minimum absolute atomic E-state index is 0.0141. The molecule has 1 saturated heterocycles. The fourth-order valence-electron chi connectivity index (χ4n) is 4.20. The van der Waals surface area contributed by atoms with E-state index in [1.54, 1.807) is 0 Å². The summed E-state index contributed by atoms with van der Waals surface area (Å²) in [6, 6.07) is 16.2. The van der Waals surface area contributed by atoms with Crippen molar-refractivity contribution in [1.82, 2.24) is 20.4 Å². The zero-order chi connectivity index (χ0) is 21.8. The lowest BCUT2D eigenvalue weighted by atomic mass is 9.94. The molecular weight excluding hydrogens is 388 g/mol. The molecule has 31 heavy (non-hydrogen) atoms. The van der Waals surface area contributed by atoms with Crippen LogP contribution in [0.3, 0.4) is 0 Å². The first-order valence-corrected chi connectivity index (χ1v) is 11.0. The number of aryl methyl sites for hydroxylation is 2. The van der Waals surface area contributed by atoms with Crippen LogP contribution in [0.4, 0.5) is 0 Å². The molecule has 0 saturated carbocycles. The average molecular weight is 419 g/mol. The van der Waals surface area contributed by atoms with Crippen molar-refractivity contribution in [3.05, 3.63) is 71.1 Å². The number of benzene rings is 2. The number of hydrogen-bond acceptors (Lipinski definition) is 5. The maximum absolute atomic E-state index is 12.8. The molecule has 1 amide bonds. The monoisotopic (exact) mass is 418 g/mol. The fraction of sp³-hybridized carbons (Fsp3) is 0.400. The molecule has 6 nitrogen and oxygen atoms in total. The zero-order valence-electron chi connectivity index (χ0n) is 18.5. The average Bonchev–Trinajstić information content (AvgIpc) is 3.25. The lowest BCUT2D eigenvalue weighted by Crippen LogP contribution is -2.41. The van der Waals surface area contributed by atoms with E-state index < -0.39 is 0 Å². The summed E-state index contributed by atoms with van der Waals surface area (Å²) in [6.45, 7) is 8.55. The predicted octanol–water partition coefficient (Wildman–Crippen LogP) is 4.44. The zero-order valence-corrected chi connectivity index (χ0v) is 18.5. The molecule has 2 heterocycles. The smallest absolute Gasteiger partial charge is 0.241 e. The summed E-state index contributed by atoms with van der Waals surface area (Å²) < 4.78 is 5.44. The molecule has 4 rings (SSSR count). The van der Waals surface area contributed by atoms with Gasteiger partial charge in [0, 0.05) is 11.5 Å². The van der Waals surface area contributed by atoms with Gasteiger partial charge in [-0.3, -0.25) is 9.69 Å². The van der Waals surface area contributed by atoms with Crippen LogP contribution in [0, 0.1) is 19.8 Å². The van der Waals surface area contributed by atoms with Gasteiger partial charge in [-0.1, -0.05) is 59.3 Å². The molecule has 1 aromatic heterocycles. The molecule has 1 aliphatic heterocycles. The fourth-order valence-corrected chi connectivity index (χ4v) is 4.20. The van der Waals surface area contributed by atoms with Gasteiger partial charge in [0.15, 0.2) is 0 Å². The van der Waals surface area contributed by atoms with Gasteiger partial charge in [-0.15, -0.1) is 0 Å². The van der Waals surface area contributed by atoms with Crippen LogP contribution in [0.1, 0.15) is 48.4 Å². The Morgan fingerprint density at radius 3 is 2.65 bits per heavy atom. The SMILES string of the molecule is Cc1ccc(C)c(C(C)NC(=O)C2CCN(Cc3nc(-c4ccccc4)no3)CC2)c1. The van der Waals surface area contributed by atoms with Gasteiger partial charge in [0.2, 0.25) is 17.6 Å². The second-order valence-corrected chi connectivity index (χ2v) is 8.52. The molecule has 0 bridgehead atoms. The molecule has 2 aromatic carbocycles. The largest absolute Gasteiger partial charge is 0.349 e. The third-order valence-corrected chi connectivity index (χ3v) is 6.08. The summed E-state index contributed by atoms with van der Waals surface area (Å²) in [6.07, 6.45) is 1.68. The van der Waals surface area contributed by atoms with E-state index in [1.807, 2.05) is 30.3 Å². The number of aromatic nitrogens is 2. The molecular formula is C25H30N4O2. The van der Waals surface area contributed by atoms with E-state index in [0.717, 1.165) is 31.5 Å². The Hall–Kier alpha value is -2.99. The van der Waals surface area contributed by atoms with E-state index in [2.05, 4.69) is 59.3 Å². The van der Waals surface area contributed by atoms with Gasteiger partial charge in [0.1, 0.15) is 0 Å². The normalized spacial score (nSPS) is 16.2. The van der Waals surface area contributed by atoms with Gasteiger partial charge in [-0.05, 0) is 57.8 Å². The maximum atomic E-state index is 12.8. The first-order valence-electron chi connectivity index (χ1n) is 11.0. The third-order valence-electron chi connectivity index (χ3n) is 6.08. The number of carbonyl (C=O) groups is 1. The number of nitrogens with one attached hydrogen (secondary N) is 1. The van der Waals surface area contributed by atoms with E-state index in [-0.39, 0.29) is 17.9 Å². The number of likely N-dealkylation sites (tertiary alicyclic amines) is 1. The Balaban J connectivity index is 1.28. The molecule has 1 unspecified atom stereocenters. The molecule has 0 aliphatic carbocycles. The third kappa shape index (κ3) is 5.20. The van der Waals surface area contributed by atoms with Crippen LogP contribution in [0.15, 0.2) is 53.1 Å². The lowest BCUT2D eigenvalue weighted by molar-refractivity contribution is -0.127. The van der Waals surface area contributed by atoms with Crippen molar-refractivity contribution in [1.29, 1.82) is 0 Å². The standard InChI is InChI=1S/C25H30N4O2/c1-17-9-10-18(2)22(15-17)19(3)26-25(30)21-11-13-29(14-12-21)16-23-27-24(28-31-23)20-7-5-4-6-8-20/h4-10,15,19,21H,11-14,16H2,1-3H3,(H,26,30). The first-order chi connectivity index (χ1) is 15.0. The summed E-state index contributed by atoms with van der Waals surface area (Å²) in [5, 5.41) is 7.31. The minimum atomic E-state index is 0.0141. The van der Waals surface area contributed by atoms with Crippen molar-refractivity contribution in [3.8, 4) is 11.4 Å². The highest BCUT2D eigenvalue weighted by Gasteiger charge is 2.27. The molecule has 162 valence electrons. The summed E-state index contributed by atoms with van der Waals surface area (Å²) >= 11 is 0. The quantitative estimate of drug-likeness (QED) is 0.641. The van der Waals surface area contributed by atoms with Gasteiger partial charge in [0.05, 0.1) is 12.6 Å². The summed E-state index contributed by atoms with van der Waals surface area (Å²) in [7, 11) is 0. The number of hydrogen-bond donors (Lipinski definition) is 1.